The van der Waals surface area contributed by atoms with Gasteiger partial charge in [-0.2, -0.15) is 5.26 Å². The number of imidazole rings is 1. The van der Waals surface area contributed by atoms with Crippen LogP contribution in [0.2, 0.25) is 0 Å². The molecule has 1 fully saturated rings. The predicted octanol–water partition coefficient (Wildman–Crippen LogP) is 2.21. The van der Waals surface area contributed by atoms with Crippen molar-refractivity contribution in [3.63, 3.8) is 0 Å². The molecular formula is C16H16N6S. The number of nitrogens with one attached hydrogen (secondary N) is 1. The molecule has 4 rings (SSSR count). The Hall–Kier alpha value is -2.43. The van der Waals surface area contributed by atoms with Crippen molar-refractivity contribution < 1.29 is 0 Å². The van der Waals surface area contributed by atoms with Gasteiger partial charge in [-0.25, -0.2) is 9.97 Å². The van der Waals surface area contributed by atoms with Crippen molar-refractivity contribution in [1.29, 1.82) is 5.26 Å². The number of hydrogen-bond acceptors (Lipinski definition) is 6. The lowest BCUT2D eigenvalue weighted by atomic mass is 10.2. The monoisotopic (exact) mass is 324 g/mol. The summed E-state index contributed by atoms with van der Waals surface area (Å²) in [5.41, 5.74) is 2.82. The van der Waals surface area contributed by atoms with Gasteiger partial charge in [0.25, 0.3) is 0 Å². The lowest BCUT2D eigenvalue weighted by molar-refractivity contribution is 0.244. The molecule has 0 unspecified atom stereocenters. The summed E-state index contributed by atoms with van der Waals surface area (Å²) in [4.78, 5) is 16.9. The van der Waals surface area contributed by atoms with E-state index < -0.39 is 0 Å². The average molecular weight is 324 g/mol. The second-order valence-electron chi connectivity index (χ2n) is 5.60. The molecule has 0 bridgehead atoms. The molecule has 116 valence electrons. The van der Waals surface area contributed by atoms with Gasteiger partial charge in [-0.1, -0.05) is 0 Å². The van der Waals surface area contributed by atoms with E-state index in [1.54, 1.807) is 23.6 Å². The molecule has 0 amide bonds. The van der Waals surface area contributed by atoms with Crippen molar-refractivity contribution in [1.82, 2.24) is 19.9 Å². The van der Waals surface area contributed by atoms with Gasteiger partial charge in [-0.05, 0) is 12.1 Å². The molecule has 4 heterocycles. The van der Waals surface area contributed by atoms with Gasteiger partial charge in [0.2, 0.25) is 0 Å². The summed E-state index contributed by atoms with van der Waals surface area (Å²) in [7, 11) is 0. The minimum absolute atomic E-state index is 0.645. The van der Waals surface area contributed by atoms with Crippen molar-refractivity contribution in [3.8, 4) is 6.07 Å². The molecule has 0 aliphatic carbocycles. The zero-order chi connectivity index (χ0) is 15.6. The van der Waals surface area contributed by atoms with Crippen LogP contribution in [-0.2, 0) is 6.54 Å². The topological polar surface area (TPSA) is 71.8 Å². The first kappa shape index (κ1) is 14.2. The Morgan fingerprint density at radius 1 is 1.26 bits per heavy atom. The fraction of sp³-hybridized carbons (Fsp3) is 0.312. The fourth-order valence-corrected chi connectivity index (χ4v) is 3.63. The van der Waals surface area contributed by atoms with Gasteiger partial charge in [0.1, 0.15) is 17.7 Å². The number of thiophene rings is 1. The van der Waals surface area contributed by atoms with Crippen molar-refractivity contribution >= 4 is 28.2 Å². The van der Waals surface area contributed by atoms with E-state index in [2.05, 4.69) is 41.6 Å². The Morgan fingerprint density at radius 3 is 2.91 bits per heavy atom. The van der Waals surface area contributed by atoms with Crippen LogP contribution >= 0.6 is 11.3 Å². The molecule has 0 saturated carbocycles. The second-order valence-corrected chi connectivity index (χ2v) is 6.35. The summed E-state index contributed by atoms with van der Waals surface area (Å²) in [6.45, 7) is 4.46. The van der Waals surface area contributed by atoms with Gasteiger partial charge in [-0.15, -0.1) is 11.3 Å². The maximum atomic E-state index is 9.21. The van der Waals surface area contributed by atoms with Crippen LogP contribution in [0.15, 0.2) is 29.1 Å². The minimum atomic E-state index is 0.645. The maximum Gasteiger partial charge on any atom is 0.146 e. The molecule has 1 N–H and O–H groups in total. The van der Waals surface area contributed by atoms with Gasteiger partial charge >= 0.3 is 0 Å². The number of nitrogens with zero attached hydrogens (tertiary/aromatic N) is 5. The Balaban J connectivity index is 1.41. The van der Waals surface area contributed by atoms with Crippen LogP contribution in [0.25, 0.3) is 11.0 Å². The second kappa shape index (κ2) is 5.99. The van der Waals surface area contributed by atoms with Crippen molar-refractivity contribution in [2.24, 2.45) is 0 Å². The molecule has 7 heteroatoms. The van der Waals surface area contributed by atoms with E-state index in [4.69, 9.17) is 0 Å². The van der Waals surface area contributed by atoms with Crippen LogP contribution in [0.5, 0.6) is 0 Å². The third kappa shape index (κ3) is 2.79. The molecule has 0 radical (unpaired) electrons. The van der Waals surface area contributed by atoms with Gasteiger partial charge in [0.05, 0.1) is 23.1 Å². The van der Waals surface area contributed by atoms with E-state index >= 15 is 0 Å². The zero-order valence-electron chi connectivity index (χ0n) is 12.6. The predicted molar refractivity (Wildman–Crippen MR) is 90.4 cm³/mol. The highest BCUT2D eigenvalue weighted by Gasteiger charge is 2.21. The third-order valence-corrected chi connectivity index (χ3v) is 4.86. The Morgan fingerprint density at radius 2 is 2.13 bits per heavy atom. The summed E-state index contributed by atoms with van der Waals surface area (Å²) in [5, 5.41) is 13.4. The molecule has 0 aromatic carbocycles. The van der Waals surface area contributed by atoms with Crippen LogP contribution < -0.4 is 4.90 Å². The summed E-state index contributed by atoms with van der Waals surface area (Å²) in [5.74, 6) is 1.82. The van der Waals surface area contributed by atoms with Gasteiger partial charge < -0.3 is 9.88 Å². The molecule has 0 spiro atoms. The summed E-state index contributed by atoms with van der Waals surface area (Å²) >= 11 is 1.67. The van der Waals surface area contributed by atoms with Crippen molar-refractivity contribution in [3.05, 3.63) is 40.5 Å². The molecule has 1 aliphatic heterocycles. The van der Waals surface area contributed by atoms with E-state index in [-0.39, 0.29) is 0 Å². The number of fused-ring (bicyclic) bond motifs is 1. The number of nitriles is 1. The van der Waals surface area contributed by atoms with E-state index in [1.165, 1.54) is 0 Å². The molecule has 3 aromatic rings. The van der Waals surface area contributed by atoms with Gasteiger partial charge in [0, 0.05) is 43.1 Å². The third-order valence-electron chi connectivity index (χ3n) is 4.13. The summed E-state index contributed by atoms with van der Waals surface area (Å²) < 4.78 is 0. The van der Waals surface area contributed by atoms with Crippen molar-refractivity contribution in [2.75, 3.05) is 31.1 Å². The first-order valence-electron chi connectivity index (χ1n) is 7.57. The number of pyridine rings is 1. The van der Waals surface area contributed by atoms with E-state index in [0.29, 0.717) is 5.56 Å². The lowest BCUT2D eigenvalue weighted by Crippen LogP contribution is -2.46. The molecule has 1 aliphatic rings. The first-order chi connectivity index (χ1) is 11.3. The maximum absolute atomic E-state index is 9.21. The largest absolute Gasteiger partial charge is 0.353 e. The first-order valence-corrected chi connectivity index (χ1v) is 8.51. The summed E-state index contributed by atoms with van der Waals surface area (Å²) in [6.07, 6.45) is 1.75. The quantitative estimate of drug-likeness (QED) is 0.800. The molecule has 23 heavy (non-hydrogen) atoms. The number of rotatable bonds is 3. The van der Waals surface area contributed by atoms with Gasteiger partial charge in [0.15, 0.2) is 0 Å². The molecule has 6 nitrogen and oxygen atoms in total. The minimum Gasteiger partial charge on any atom is -0.353 e. The van der Waals surface area contributed by atoms with Crippen LogP contribution in [-0.4, -0.2) is 46.0 Å². The zero-order valence-corrected chi connectivity index (χ0v) is 13.4. The average Bonchev–Trinajstić information content (AvgIpc) is 3.17. The highest BCUT2D eigenvalue weighted by atomic mass is 32.1. The molecular weight excluding hydrogens is 308 g/mol. The number of hydrogen-bond donors (Lipinski definition) is 1. The normalized spacial score (nSPS) is 15.9. The lowest BCUT2D eigenvalue weighted by Gasteiger charge is -2.35. The molecule has 3 aromatic heterocycles. The number of anilines is 1. The van der Waals surface area contributed by atoms with Gasteiger partial charge in [-0.3, -0.25) is 4.90 Å². The van der Waals surface area contributed by atoms with E-state index in [9.17, 15) is 5.26 Å². The van der Waals surface area contributed by atoms with Crippen LogP contribution in [0.4, 0.5) is 5.82 Å². The standard InChI is InChI=1S/C16H16N6S/c17-8-12-2-1-3-18-16(12)22-6-4-21(5-7-22)9-15-19-13-10-23-11-14(13)20-15/h1-3,10-11H,4-7,9H2,(H,19,20). The number of aromatic amines is 1. The highest BCUT2D eigenvalue weighted by Crippen LogP contribution is 2.20. The van der Waals surface area contributed by atoms with Crippen molar-refractivity contribution in [2.45, 2.75) is 6.54 Å². The van der Waals surface area contributed by atoms with E-state index in [0.717, 1.165) is 55.4 Å². The van der Waals surface area contributed by atoms with E-state index in [1.807, 2.05) is 6.07 Å². The smallest absolute Gasteiger partial charge is 0.146 e. The Bertz CT molecular complexity index is 824. The molecule has 1 saturated heterocycles. The summed E-state index contributed by atoms with van der Waals surface area (Å²) in [6, 6.07) is 5.85. The number of aromatic nitrogens is 3. The Kier molecular flexibility index (Phi) is 3.69. The van der Waals surface area contributed by atoms with Crippen LogP contribution in [0.1, 0.15) is 11.4 Å². The van der Waals surface area contributed by atoms with Crippen LogP contribution in [0, 0.1) is 11.3 Å². The highest BCUT2D eigenvalue weighted by molar-refractivity contribution is 7.09. The van der Waals surface area contributed by atoms with Crippen LogP contribution in [0.3, 0.4) is 0 Å². The fourth-order valence-electron chi connectivity index (χ4n) is 2.94. The number of H-pyrrole nitrogens is 1. The number of piperazine rings is 1. The SMILES string of the molecule is N#Cc1cccnc1N1CCN(Cc2nc3cscc3[nH]2)CC1. The molecule has 0 atom stereocenters. The Labute approximate surface area is 138 Å².